The Balaban J connectivity index is 2.09. The summed E-state index contributed by atoms with van der Waals surface area (Å²) in [6, 6.07) is 0.628. The first-order valence-corrected chi connectivity index (χ1v) is 6.13. The zero-order valence-corrected chi connectivity index (χ0v) is 9.68. The van der Waals surface area contributed by atoms with Crippen LogP contribution in [0.3, 0.4) is 0 Å². The normalized spacial score (nSPS) is 17.3. The molecule has 0 unspecified atom stereocenters. The van der Waals surface area contributed by atoms with Gasteiger partial charge in [0.1, 0.15) is 6.33 Å². The first kappa shape index (κ1) is 11.3. The lowest BCUT2D eigenvalue weighted by Crippen LogP contribution is -2.40. The van der Waals surface area contributed by atoms with Crippen LogP contribution in [-0.4, -0.2) is 29.1 Å². The summed E-state index contributed by atoms with van der Waals surface area (Å²) in [4.78, 5) is 10.6. The molecule has 0 amide bonds. The van der Waals surface area contributed by atoms with E-state index in [4.69, 9.17) is 5.73 Å². The molecule has 0 spiro atoms. The van der Waals surface area contributed by atoms with Crippen molar-refractivity contribution < 1.29 is 0 Å². The number of hydrogen-bond donors (Lipinski definition) is 1. The van der Waals surface area contributed by atoms with Crippen LogP contribution < -0.4 is 10.6 Å². The highest BCUT2D eigenvalue weighted by Crippen LogP contribution is 2.25. The summed E-state index contributed by atoms with van der Waals surface area (Å²) in [6.45, 7) is 1.59. The highest BCUT2D eigenvalue weighted by atomic mass is 15.2. The van der Waals surface area contributed by atoms with Gasteiger partial charge in [0.2, 0.25) is 0 Å². The van der Waals surface area contributed by atoms with Crippen LogP contribution in [0.1, 0.15) is 32.1 Å². The molecule has 1 aromatic rings. The lowest BCUT2D eigenvalue weighted by atomic mass is 9.94. The summed E-state index contributed by atoms with van der Waals surface area (Å²) in [7, 11) is 0. The Kier molecular flexibility index (Phi) is 4.10. The van der Waals surface area contributed by atoms with Crippen LogP contribution in [0.4, 0.5) is 5.69 Å². The van der Waals surface area contributed by atoms with Crippen molar-refractivity contribution in [3.05, 3.63) is 18.7 Å². The predicted molar refractivity (Wildman–Crippen MR) is 65.3 cm³/mol. The molecule has 1 aliphatic carbocycles. The molecule has 1 fully saturated rings. The van der Waals surface area contributed by atoms with Crippen LogP contribution in [-0.2, 0) is 0 Å². The van der Waals surface area contributed by atoms with Crippen molar-refractivity contribution in [3.63, 3.8) is 0 Å². The van der Waals surface area contributed by atoms with Gasteiger partial charge < -0.3 is 10.6 Å². The largest absolute Gasteiger partial charge is 0.365 e. The van der Waals surface area contributed by atoms with E-state index in [2.05, 4.69) is 14.9 Å². The molecular formula is C12H20N4. The smallest absolute Gasteiger partial charge is 0.115 e. The van der Waals surface area contributed by atoms with E-state index in [0.717, 1.165) is 12.2 Å². The fourth-order valence-electron chi connectivity index (χ4n) is 2.49. The monoisotopic (exact) mass is 220 g/mol. The Morgan fingerprint density at radius 3 is 2.50 bits per heavy atom. The van der Waals surface area contributed by atoms with Crippen LogP contribution in [0.25, 0.3) is 0 Å². The van der Waals surface area contributed by atoms with E-state index in [-0.39, 0.29) is 0 Å². The molecular weight excluding hydrogens is 200 g/mol. The van der Waals surface area contributed by atoms with Crippen LogP contribution in [0.15, 0.2) is 18.7 Å². The topological polar surface area (TPSA) is 55.0 Å². The third-order valence-electron chi connectivity index (χ3n) is 3.26. The number of hydrogen-bond acceptors (Lipinski definition) is 4. The zero-order valence-electron chi connectivity index (χ0n) is 9.68. The van der Waals surface area contributed by atoms with E-state index in [0.29, 0.717) is 12.6 Å². The Morgan fingerprint density at radius 2 is 1.88 bits per heavy atom. The minimum Gasteiger partial charge on any atom is -0.365 e. The number of anilines is 1. The molecule has 0 radical (unpaired) electrons. The van der Waals surface area contributed by atoms with Gasteiger partial charge in [-0.25, -0.2) is 9.97 Å². The number of nitrogens with two attached hydrogens (primary N) is 1. The highest BCUT2D eigenvalue weighted by Gasteiger charge is 2.20. The lowest BCUT2D eigenvalue weighted by molar-refractivity contribution is 0.415. The number of rotatable bonds is 4. The molecule has 1 aliphatic rings. The first-order valence-electron chi connectivity index (χ1n) is 6.13. The second kappa shape index (κ2) is 5.80. The van der Waals surface area contributed by atoms with Crippen molar-refractivity contribution >= 4 is 5.69 Å². The van der Waals surface area contributed by atoms with E-state index in [1.807, 2.05) is 12.4 Å². The lowest BCUT2D eigenvalue weighted by Gasteiger charge is -2.35. The second-order valence-electron chi connectivity index (χ2n) is 4.37. The zero-order chi connectivity index (χ0) is 11.2. The fraction of sp³-hybridized carbons (Fsp3) is 0.667. The van der Waals surface area contributed by atoms with E-state index < -0.39 is 0 Å². The minimum atomic E-state index is 0.628. The molecule has 1 aromatic heterocycles. The van der Waals surface area contributed by atoms with E-state index in [1.165, 1.54) is 32.1 Å². The van der Waals surface area contributed by atoms with Gasteiger partial charge in [-0.3, -0.25) is 0 Å². The van der Waals surface area contributed by atoms with Crippen molar-refractivity contribution in [1.82, 2.24) is 9.97 Å². The van der Waals surface area contributed by atoms with Crippen LogP contribution in [0.2, 0.25) is 0 Å². The van der Waals surface area contributed by atoms with Gasteiger partial charge in [-0.2, -0.15) is 0 Å². The standard InChI is InChI=1S/C12H20N4/c13-6-7-16(11-4-2-1-3-5-11)12-8-14-10-15-9-12/h8-11H,1-7,13H2. The van der Waals surface area contributed by atoms with E-state index >= 15 is 0 Å². The van der Waals surface area contributed by atoms with Gasteiger partial charge in [-0.15, -0.1) is 0 Å². The number of aromatic nitrogens is 2. The molecule has 0 saturated heterocycles. The molecule has 4 heteroatoms. The van der Waals surface area contributed by atoms with Crippen molar-refractivity contribution in [1.29, 1.82) is 0 Å². The third-order valence-corrected chi connectivity index (χ3v) is 3.26. The summed E-state index contributed by atoms with van der Waals surface area (Å²) in [5.41, 5.74) is 6.80. The van der Waals surface area contributed by atoms with Gasteiger partial charge in [-0.05, 0) is 12.8 Å². The van der Waals surface area contributed by atoms with Crippen molar-refractivity contribution in [2.24, 2.45) is 5.73 Å². The maximum Gasteiger partial charge on any atom is 0.115 e. The Morgan fingerprint density at radius 1 is 1.19 bits per heavy atom. The van der Waals surface area contributed by atoms with Gasteiger partial charge >= 0.3 is 0 Å². The fourth-order valence-corrected chi connectivity index (χ4v) is 2.49. The minimum absolute atomic E-state index is 0.628. The molecule has 1 saturated carbocycles. The van der Waals surface area contributed by atoms with Gasteiger partial charge in [0.25, 0.3) is 0 Å². The van der Waals surface area contributed by atoms with Gasteiger partial charge in [-0.1, -0.05) is 19.3 Å². The van der Waals surface area contributed by atoms with Crippen molar-refractivity contribution in [2.45, 2.75) is 38.1 Å². The second-order valence-corrected chi connectivity index (χ2v) is 4.37. The summed E-state index contributed by atoms with van der Waals surface area (Å²) < 4.78 is 0. The maximum atomic E-state index is 5.69. The van der Waals surface area contributed by atoms with E-state index in [9.17, 15) is 0 Å². The highest BCUT2D eigenvalue weighted by molar-refractivity contribution is 5.42. The molecule has 2 N–H and O–H groups in total. The Labute approximate surface area is 96.9 Å². The molecule has 0 aromatic carbocycles. The van der Waals surface area contributed by atoms with Crippen molar-refractivity contribution in [3.8, 4) is 0 Å². The number of nitrogens with zero attached hydrogens (tertiary/aromatic N) is 3. The molecule has 0 atom stereocenters. The SMILES string of the molecule is NCCN(c1cncnc1)C1CCCCC1. The molecule has 0 aliphatic heterocycles. The summed E-state index contributed by atoms with van der Waals surface area (Å²) in [5.74, 6) is 0. The average Bonchev–Trinajstić information content (AvgIpc) is 2.38. The molecule has 88 valence electrons. The van der Waals surface area contributed by atoms with Gasteiger partial charge in [0, 0.05) is 19.1 Å². The van der Waals surface area contributed by atoms with Gasteiger partial charge in [0.15, 0.2) is 0 Å². The maximum absolute atomic E-state index is 5.69. The molecule has 1 heterocycles. The van der Waals surface area contributed by atoms with Gasteiger partial charge in [0.05, 0.1) is 18.1 Å². The molecule has 2 rings (SSSR count). The summed E-state index contributed by atoms with van der Waals surface area (Å²) in [5, 5.41) is 0. The van der Waals surface area contributed by atoms with Crippen molar-refractivity contribution in [2.75, 3.05) is 18.0 Å². The third kappa shape index (κ3) is 2.70. The average molecular weight is 220 g/mol. The first-order chi connectivity index (χ1) is 7.92. The van der Waals surface area contributed by atoms with Crippen LogP contribution in [0, 0.1) is 0 Å². The predicted octanol–water partition coefficient (Wildman–Crippen LogP) is 1.57. The van der Waals surface area contributed by atoms with Crippen LogP contribution >= 0.6 is 0 Å². The Bertz CT molecular complexity index is 295. The molecule has 4 nitrogen and oxygen atoms in total. The summed E-state index contributed by atoms with van der Waals surface area (Å²) >= 11 is 0. The van der Waals surface area contributed by atoms with E-state index in [1.54, 1.807) is 6.33 Å². The quantitative estimate of drug-likeness (QED) is 0.837. The Hall–Kier alpha value is -1.16. The summed E-state index contributed by atoms with van der Waals surface area (Å²) in [6.07, 6.45) is 11.9. The van der Waals surface area contributed by atoms with Crippen LogP contribution in [0.5, 0.6) is 0 Å². The molecule has 0 bridgehead atoms. The molecule has 16 heavy (non-hydrogen) atoms.